The van der Waals surface area contributed by atoms with Crippen molar-refractivity contribution in [3.63, 3.8) is 0 Å². The Morgan fingerprint density at radius 1 is 1.03 bits per heavy atom. The molecule has 1 atom stereocenters. The topological polar surface area (TPSA) is 58.4 Å². The van der Waals surface area contributed by atoms with Crippen LogP contribution >= 0.6 is 11.3 Å². The molecule has 0 bridgehead atoms. The summed E-state index contributed by atoms with van der Waals surface area (Å²) in [6, 6.07) is 17.7. The normalized spacial score (nSPS) is 16.0. The van der Waals surface area contributed by atoms with Gasteiger partial charge < -0.3 is 4.90 Å². The van der Waals surface area contributed by atoms with Crippen LogP contribution in [0.4, 0.5) is 0 Å². The molecule has 0 unspecified atom stereocenters. The molecule has 164 valence electrons. The smallest absolute Gasteiger partial charge is 0.276 e. The van der Waals surface area contributed by atoms with Gasteiger partial charge in [0.05, 0.1) is 15.8 Å². The predicted molar refractivity (Wildman–Crippen MR) is 129 cm³/mol. The van der Waals surface area contributed by atoms with E-state index in [2.05, 4.69) is 34.3 Å². The molecule has 1 amide bonds. The number of nitrogens with zero attached hydrogens (tertiary/aromatic N) is 4. The predicted octanol–water partition coefficient (Wildman–Crippen LogP) is 3.83. The van der Waals surface area contributed by atoms with Crippen LogP contribution in [0.3, 0.4) is 0 Å². The Balaban J connectivity index is 1.36. The molecule has 0 radical (unpaired) electrons. The van der Waals surface area contributed by atoms with Crippen molar-refractivity contribution in [2.45, 2.75) is 26.4 Å². The van der Waals surface area contributed by atoms with Gasteiger partial charge in [-0.1, -0.05) is 48.5 Å². The fourth-order valence-electron chi connectivity index (χ4n) is 4.48. The Kier molecular flexibility index (Phi) is 5.53. The highest BCUT2D eigenvalue weighted by molar-refractivity contribution is 7.26. The van der Waals surface area contributed by atoms with Crippen LogP contribution in [0.15, 0.2) is 59.4 Å². The second kappa shape index (κ2) is 8.48. The van der Waals surface area contributed by atoms with Crippen LogP contribution in [0.2, 0.25) is 0 Å². The summed E-state index contributed by atoms with van der Waals surface area (Å²) in [5.41, 5.74) is 1.88. The van der Waals surface area contributed by atoms with Crippen molar-refractivity contribution in [1.82, 2.24) is 19.6 Å². The van der Waals surface area contributed by atoms with E-state index in [-0.39, 0.29) is 11.5 Å². The minimum Gasteiger partial charge on any atom is -0.338 e. The number of fused-ring (bicyclic) bond motifs is 3. The van der Waals surface area contributed by atoms with Crippen LogP contribution in [-0.4, -0.2) is 51.7 Å². The molecule has 6 nitrogen and oxygen atoms in total. The van der Waals surface area contributed by atoms with Crippen LogP contribution in [0, 0.1) is 6.92 Å². The first kappa shape index (κ1) is 20.8. The Morgan fingerprint density at radius 3 is 2.47 bits per heavy atom. The molecule has 1 saturated heterocycles. The van der Waals surface area contributed by atoms with Gasteiger partial charge in [0.1, 0.15) is 6.04 Å². The number of aryl methyl sites for hydroxylation is 1. The molecule has 32 heavy (non-hydrogen) atoms. The molecular weight excluding hydrogens is 420 g/mol. The Hall–Kier alpha value is -3.03. The average Bonchev–Trinajstić information content (AvgIpc) is 3.22. The first-order chi connectivity index (χ1) is 15.5. The fourth-order valence-corrected chi connectivity index (χ4v) is 5.61. The lowest BCUT2D eigenvalue weighted by atomic mass is 10.1. The van der Waals surface area contributed by atoms with E-state index in [1.807, 2.05) is 42.2 Å². The van der Waals surface area contributed by atoms with Crippen LogP contribution in [0.5, 0.6) is 0 Å². The van der Waals surface area contributed by atoms with E-state index in [0.717, 1.165) is 40.1 Å². The van der Waals surface area contributed by atoms with Gasteiger partial charge in [0.15, 0.2) is 0 Å². The highest BCUT2D eigenvalue weighted by Gasteiger charge is 2.28. The quantitative estimate of drug-likeness (QED) is 0.478. The van der Waals surface area contributed by atoms with Crippen molar-refractivity contribution in [1.29, 1.82) is 0 Å². The van der Waals surface area contributed by atoms with Crippen LogP contribution < -0.4 is 5.56 Å². The first-order valence-electron chi connectivity index (χ1n) is 11.0. The third-order valence-electron chi connectivity index (χ3n) is 6.26. The van der Waals surface area contributed by atoms with Crippen molar-refractivity contribution in [2.75, 3.05) is 26.2 Å². The number of thiophene rings is 1. The third kappa shape index (κ3) is 3.72. The van der Waals surface area contributed by atoms with E-state index in [9.17, 15) is 9.59 Å². The highest BCUT2D eigenvalue weighted by Crippen LogP contribution is 2.33. The molecular formula is C25H26N4O2S. The zero-order valence-corrected chi connectivity index (χ0v) is 19.1. The highest BCUT2D eigenvalue weighted by atomic mass is 32.1. The lowest BCUT2D eigenvalue weighted by molar-refractivity contribution is -0.136. The van der Waals surface area contributed by atoms with Crippen molar-refractivity contribution in [3.05, 3.63) is 76.2 Å². The summed E-state index contributed by atoms with van der Waals surface area (Å²) in [6.45, 7) is 7.55. The maximum atomic E-state index is 13.4. The molecule has 0 aliphatic carbocycles. The number of benzene rings is 2. The summed E-state index contributed by atoms with van der Waals surface area (Å²) >= 11 is 1.58. The number of amides is 1. The largest absolute Gasteiger partial charge is 0.338 e. The Bertz CT molecular complexity index is 1340. The molecule has 2 aromatic heterocycles. The second-order valence-electron chi connectivity index (χ2n) is 8.40. The van der Waals surface area contributed by atoms with Crippen LogP contribution in [-0.2, 0) is 11.3 Å². The summed E-state index contributed by atoms with van der Waals surface area (Å²) in [4.78, 5) is 30.9. The van der Waals surface area contributed by atoms with E-state index in [1.165, 1.54) is 10.2 Å². The third-order valence-corrected chi connectivity index (χ3v) is 7.54. The number of hydrogen-bond acceptors (Lipinski definition) is 5. The van der Waals surface area contributed by atoms with Crippen LogP contribution in [0.1, 0.15) is 24.2 Å². The Morgan fingerprint density at radius 2 is 1.72 bits per heavy atom. The molecule has 1 aliphatic heterocycles. The molecule has 1 fully saturated rings. The van der Waals surface area contributed by atoms with Gasteiger partial charge in [0.2, 0.25) is 5.91 Å². The van der Waals surface area contributed by atoms with Crippen molar-refractivity contribution < 1.29 is 4.79 Å². The van der Waals surface area contributed by atoms with Crippen molar-refractivity contribution in [2.24, 2.45) is 0 Å². The van der Waals surface area contributed by atoms with E-state index in [0.29, 0.717) is 18.5 Å². The molecule has 3 heterocycles. The Labute approximate surface area is 190 Å². The number of carbonyl (C=O) groups excluding carboxylic acids is 1. The number of carbonyl (C=O) groups is 1. The fraction of sp³-hybridized carbons (Fsp3) is 0.320. The summed E-state index contributed by atoms with van der Waals surface area (Å²) < 4.78 is 3.35. The van der Waals surface area contributed by atoms with Gasteiger partial charge in [0.25, 0.3) is 5.56 Å². The number of hydrogen-bond donors (Lipinski definition) is 0. The minimum absolute atomic E-state index is 0.0442. The standard InChI is InChI=1S/C25H26N4O2S/c1-17-23-22(20-10-6-7-11-21(20)32-23)25(31)29(26-17)18(2)24(30)28-14-12-27(13-15-28)16-19-8-4-3-5-9-19/h3-11,18H,12-16H2,1-2H3/t18-/m1/s1. The summed E-state index contributed by atoms with van der Waals surface area (Å²) in [7, 11) is 0. The molecule has 2 aromatic carbocycles. The molecule has 1 aliphatic rings. The number of aromatic nitrogens is 2. The molecule has 5 rings (SSSR count). The SMILES string of the molecule is Cc1nn([C@H](C)C(=O)N2CCN(Cc3ccccc3)CC2)c(=O)c2c1sc1ccccc12. The number of piperazine rings is 1. The molecule has 7 heteroatoms. The first-order valence-corrected chi connectivity index (χ1v) is 11.8. The van der Waals surface area contributed by atoms with Gasteiger partial charge in [-0.15, -0.1) is 11.3 Å². The van der Waals surface area contributed by atoms with E-state index in [1.54, 1.807) is 18.3 Å². The van der Waals surface area contributed by atoms with Crippen molar-refractivity contribution in [3.8, 4) is 0 Å². The number of rotatable bonds is 4. The lowest BCUT2D eigenvalue weighted by Gasteiger charge is -2.36. The zero-order valence-electron chi connectivity index (χ0n) is 18.3. The summed E-state index contributed by atoms with van der Waals surface area (Å²) in [5, 5.41) is 6.15. The second-order valence-corrected chi connectivity index (χ2v) is 9.45. The van der Waals surface area contributed by atoms with Gasteiger partial charge in [-0.2, -0.15) is 5.10 Å². The summed E-state index contributed by atoms with van der Waals surface area (Å²) in [5.74, 6) is -0.0442. The van der Waals surface area contributed by atoms with Gasteiger partial charge in [-0.25, -0.2) is 4.68 Å². The maximum absolute atomic E-state index is 13.4. The maximum Gasteiger partial charge on any atom is 0.276 e. The van der Waals surface area contributed by atoms with E-state index < -0.39 is 6.04 Å². The van der Waals surface area contributed by atoms with E-state index >= 15 is 0 Å². The molecule has 4 aromatic rings. The van der Waals surface area contributed by atoms with Gasteiger partial charge in [0, 0.05) is 42.8 Å². The van der Waals surface area contributed by atoms with Crippen molar-refractivity contribution >= 4 is 37.4 Å². The van der Waals surface area contributed by atoms with Crippen LogP contribution in [0.25, 0.3) is 20.2 Å². The van der Waals surface area contributed by atoms with E-state index in [4.69, 9.17) is 0 Å². The van der Waals surface area contributed by atoms with Gasteiger partial charge in [-0.05, 0) is 25.5 Å². The van der Waals surface area contributed by atoms with Gasteiger partial charge >= 0.3 is 0 Å². The monoisotopic (exact) mass is 446 g/mol. The lowest BCUT2D eigenvalue weighted by Crippen LogP contribution is -2.50. The molecule has 0 spiro atoms. The average molecular weight is 447 g/mol. The molecule has 0 saturated carbocycles. The minimum atomic E-state index is -0.634. The molecule has 0 N–H and O–H groups in total. The zero-order chi connectivity index (χ0) is 22.2. The van der Waals surface area contributed by atoms with Gasteiger partial charge in [-0.3, -0.25) is 14.5 Å². The summed E-state index contributed by atoms with van der Waals surface area (Å²) in [6.07, 6.45) is 0.